The summed E-state index contributed by atoms with van der Waals surface area (Å²) in [5.74, 6) is -0.246. The van der Waals surface area contributed by atoms with E-state index in [4.69, 9.17) is 11.6 Å². The molecule has 0 bridgehead atoms. The molecule has 7 heteroatoms. The van der Waals surface area contributed by atoms with Gasteiger partial charge in [-0.3, -0.25) is 4.79 Å². The van der Waals surface area contributed by atoms with Gasteiger partial charge < -0.3 is 0 Å². The van der Waals surface area contributed by atoms with Gasteiger partial charge in [0.1, 0.15) is 0 Å². The number of hydrogen-bond donors (Lipinski definition) is 0. The van der Waals surface area contributed by atoms with E-state index in [1.54, 1.807) is 31.2 Å². The molecule has 2 rings (SSSR count). The summed E-state index contributed by atoms with van der Waals surface area (Å²) in [5.41, 5.74) is 0.428. The van der Waals surface area contributed by atoms with Crippen molar-refractivity contribution in [3.63, 3.8) is 0 Å². The van der Waals surface area contributed by atoms with E-state index in [0.717, 1.165) is 0 Å². The van der Waals surface area contributed by atoms with Gasteiger partial charge in [-0.05, 0) is 12.1 Å². The molecule has 0 N–H and O–H groups in total. The summed E-state index contributed by atoms with van der Waals surface area (Å²) in [7, 11) is -3.48. The standard InChI is InChI=1S/C12H15ClN2O3S/c1-2-14-6-7-15(19(14,17)18)9-12(16)10-4-3-5-11(13)8-10/h3-5,8H,2,6-7,9H2,1H3. The van der Waals surface area contributed by atoms with Crippen LogP contribution in [0, 0.1) is 0 Å². The van der Waals surface area contributed by atoms with Crippen molar-refractivity contribution < 1.29 is 13.2 Å². The molecule has 0 aliphatic carbocycles. The van der Waals surface area contributed by atoms with Crippen LogP contribution in [0.15, 0.2) is 24.3 Å². The zero-order valence-electron chi connectivity index (χ0n) is 10.5. The van der Waals surface area contributed by atoms with Crippen LogP contribution >= 0.6 is 11.6 Å². The van der Waals surface area contributed by atoms with Crippen molar-refractivity contribution in [2.24, 2.45) is 0 Å². The second kappa shape index (κ2) is 5.58. The third-order valence-electron chi connectivity index (χ3n) is 3.07. The molecule has 0 amide bonds. The van der Waals surface area contributed by atoms with Crippen molar-refractivity contribution >= 4 is 27.6 Å². The van der Waals surface area contributed by atoms with E-state index in [9.17, 15) is 13.2 Å². The van der Waals surface area contributed by atoms with Gasteiger partial charge in [-0.15, -0.1) is 0 Å². The molecule has 1 aliphatic rings. The molecule has 0 radical (unpaired) electrons. The highest BCUT2D eigenvalue weighted by atomic mass is 35.5. The molecule has 19 heavy (non-hydrogen) atoms. The lowest BCUT2D eigenvalue weighted by atomic mass is 10.1. The van der Waals surface area contributed by atoms with Crippen molar-refractivity contribution in [2.75, 3.05) is 26.2 Å². The minimum Gasteiger partial charge on any atom is -0.293 e. The van der Waals surface area contributed by atoms with Gasteiger partial charge in [-0.1, -0.05) is 30.7 Å². The molecule has 1 aromatic rings. The van der Waals surface area contributed by atoms with Crippen LogP contribution in [-0.4, -0.2) is 49.0 Å². The third kappa shape index (κ3) is 2.97. The fourth-order valence-corrected chi connectivity index (χ4v) is 3.76. The van der Waals surface area contributed by atoms with Crippen molar-refractivity contribution in [3.8, 4) is 0 Å². The Morgan fingerprint density at radius 1 is 1.32 bits per heavy atom. The molecule has 0 saturated carbocycles. The number of likely N-dealkylation sites (N-methyl/N-ethyl adjacent to an activating group) is 1. The average Bonchev–Trinajstić information content (AvgIpc) is 2.64. The fraction of sp³-hybridized carbons (Fsp3) is 0.417. The van der Waals surface area contributed by atoms with Crippen LogP contribution in [0.4, 0.5) is 0 Å². The quantitative estimate of drug-likeness (QED) is 0.790. The summed E-state index contributed by atoms with van der Waals surface area (Å²) in [6.45, 7) is 2.84. The van der Waals surface area contributed by atoms with Crippen molar-refractivity contribution in [3.05, 3.63) is 34.9 Å². The van der Waals surface area contributed by atoms with Gasteiger partial charge in [0.05, 0.1) is 6.54 Å². The topological polar surface area (TPSA) is 57.7 Å². The van der Waals surface area contributed by atoms with Gasteiger partial charge in [0, 0.05) is 30.2 Å². The third-order valence-corrected chi connectivity index (χ3v) is 5.36. The predicted molar refractivity (Wildman–Crippen MR) is 73.5 cm³/mol. The van der Waals surface area contributed by atoms with E-state index in [-0.39, 0.29) is 12.3 Å². The molecular weight excluding hydrogens is 288 g/mol. The van der Waals surface area contributed by atoms with Crippen LogP contribution in [0.25, 0.3) is 0 Å². The molecule has 1 aliphatic heterocycles. The number of carbonyl (C=O) groups is 1. The predicted octanol–water partition coefficient (Wildman–Crippen LogP) is 1.40. The molecule has 0 aromatic heterocycles. The average molecular weight is 303 g/mol. The molecule has 1 aromatic carbocycles. The zero-order valence-corrected chi connectivity index (χ0v) is 12.1. The van der Waals surface area contributed by atoms with Crippen molar-refractivity contribution in [1.82, 2.24) is 8.61 Å². The van der Waals surface area contributed by atoms with Gasteiger partial charge in [-0.25, -0.2) is 0 Å². The van der Waals surface area contributed by atoms with Gasteiger partial charge in [0.2, 0.25) is 0 Å². The summed E-state index contributed by atoms with van der Waals surface area (Å²) < 4.78 is 26.6. The van der Waals surface area contributed by atoms with E-state index in [1.165, 1.54) is 8.61 Å². The van der Waals surface area contributed by atoms with E-state index in [0.29, 0.717) is 30.2 Å². The van der Waals surface area contributed by atoms with Gasteiger partial charge in [0.15, 0.2) is 5.78 Å². The number of hydrogen-bond acceptors (Lipinski definition) is 3. The molecule has 1 heterocycles. The lowest BCUT2D eigenvalue weighted by molar-refractivity contribution is 0.0969. The van der Waals surface area contributed by atoms with Crippen LogP contribution < -0.4 is 0 Å². The Hall–Kier alpha value is -0.950. The summed E-state index contributed by atoms with van der Waals surface area (Å²) >= 11 is 5.81. The number of carbonyl (C=O) groups excluding carboxylic acids is 1. The first-order valence-corrected chi connectivity index (χ1v) is 7.76. The molecule has 0 atom stereocenters. The molecule has 5 nitrogen and oxygen atoms in total. The lowest BCUT2D eigenvalue weighted by Gasteiger charge is -2.16. The minimum absolute atomic E-state index is 0.140. The maximum Gasteiger partial charge on any atom is 0.282 e. The van der Waals surface area contributed by atoms with E-state index >= 15 is 0 Å². The molecule has 0 unspecified atom stereocenters. The largest absolute Gasteiger partial charge is 0.293 e. The minimum atomic E-state index is -3.48. The van der Waals surface area contributed by atoms with E-state index < -0.39 is 10.2 Å². The maximum atomic E-state index is 12.1. The smallest absolute Gasteiger partial charge is 0.282 e. The van der Waals surface area contributed by atoms with Gasteiger partial charge >= 0.3 is 0 Å². The van der Waals surface area contributed by atoms with E-state index in [2.05, 4.69) is 0 Å². The summed E-state index contributed by atoms with van der Waals surface area (Å²) in [6.07, 6.45) is 0. The number of rotatable bonds is 4. The number of halogens is 1. The van der Waals surface area contributed by atoms with Crippen molar-refractivity contribution in [2.45, 2.75) is 6.92 Å². The molecule has 1 fully saturated rings. The van der Waals surface area contributed by atoms with Crippen molar-refractivity contribution in [1.29, 1.82) is 0 Å². The Labute approximate surface area is 117 Å². The Balaban J connectivity index is 2.13. The second-order valence-corrected chi connectivity index (χ2v) is 6.63. The number of ketones is 1. The first kappa shape index (κ1) is 14.5. The molecule has 0 spiro atoms. The molecule has 1 saturated heterocycles. The highest BCUT2D eigenvalue weighted by molar-refractivity contribution is 7.87. The van der Waals surface area contributed by atoms with Crippen LogP contribution in [0.2, 0.25) is 5.02 Å². The van der Waals surface area contributed by atoms with Crippen LogP contribution in [0.3, 0.4) is 0 Å². The first-order valence-electron chi connectivity index (χ1n) is 5.99. The number of nitrogens with zero attached hydrogens (tertiary/aromatic N) is 2. The van der Waals surface area contributed by atoms with Crippen LogP contribution in [-0.2, 0) is 10.2 Å². The van der Waals surface area contributed by atoms with Gasteiger partial charge in [0.25, 0.3) is 10.2 Å². The molecule has 104 valence electrons. The lowest BCUT2D eigenvalue weighted by Crippen LogP contribution is -2.36. The Morgan fingerprint density at radius 3 is 2.58 bits per heavy atom. The normalized spacial score (nSPS) is 19.7. The monoisotopic (exact) mass is 302 g/mol. The Morgan fingerprint density at radius 2 is 2.00 bits per heavy atom. The zero-order chi connectivity index (χ0) is 14.0. The highest BCUT2D eigenvalue weighted by Crippen LogP contribution is 2.17. The fourth-order valence-electron chi connectivity index (χ4n) is 2.01. The summed E-state index contributed by atoms with van der Waals surface area (Å²) in [4.78, 5) is 12.1. The van der Waals surface area contributed by atoms with Crippen LogP contribution in [0.1, 0.15) is 17.3 Å². The Bertz CT molecular complexity index is 588. The molecular formula is C12H15ClN2O3S. The maximum absolute atomic E-state index is 12.1. The van der Waals surface area contributed by atoms with E-state index in [1.807, 2.05) is 0 Å². The highest BCUT2D eigenvalue weighted by Gasteiger charge is 2.36. The second-order valence-electron chi connectivity index (χ2n) is 4.27. The van der Waals surface area contributed by atoms with Crippen LogP contribution in [0.5, 0.6) is 0 Å². The number of Topliss-reactive ketones (excluding diaryl/α,β-unsaturated/α-hetero) is 1. The summed E-state index contributed by atoms with van der Waals surface area (Å²) in [6, 6.07) is 6.52. The Kier molecular flexibility index (Phi) is 4.25. The summed E-state index contributed by atoms with van der Waals surface area (Å²) in [5, 5.41) is 0.463. The van der Waals surface area contributed by atoms with Gasteiger partial charge in [-0.2, -0.15) is 17.0 Å². The SMILES string of the molecule is CCN1CCN(CC(=O)c2cccc(Cl)c2)S1(=O)=O. The first-order chi connectivity index (χ1) is 8.95. The number of benzene rings is 1.